The molecule has 1 N–H and O–H groups in total. The van der Waals surface area contributed by atoms with Gasteiger partial charge in [-0.2, -0.15) is 0 Å². The van der Waals surface area contributed by atoms with Crippen molar-refractivity contribution >= 4 is 0 Å². The molecule has 0 aliphatic heterocycles. The van der Waals surface area contributed by atoms with Gasteiger partial charge in [0, 0.05) is 6.61 Å². The Morgan fingerprint density at radius 1 is 1.17 bits per heavy atom. The third-order valence-electron chi connectivity index (χ3n) is 2.99. The molecular weight excluding hydrogens is 226 g/mol. The van der Waals surface area contributed by atoms with E-state index in [9.17, 15) is 0 Å². The van der Waals surface area contributed by atoms with Crippen LogP contribution in [0.5, 0.6) is 5.75 Å². The molecule has 0 amide bonds. The van der Waals surface area contributed by atoms with Crippen molar-refractivity contribution in [2.45, 2.75) is 26.3 Å². The minimum absolute atomic E-state index is 0.239. The summed E-state index contributed by atoms with van der Waals surface area (Å²) >= 11 is 0. The van der Waals surface area contributed by atoms with Crippen LogP contribution in [0.2, 0.25) is 0 Å². The highest BCUT2D eigenvalue weighted by Gasteiger charge is 2.09. The maximum absolute atomic E-state index is 5.71. The van der Waals surface area contributed by atoms with Crippen LogP contribution in [-0.2, 0) is 4.74 Å². The molecule has 0 bridgehead atoms. The Bertz CT molecular complexity index is 322. The van der Waals surface area contributed by atoms with Crippen molar-refractivity contribution in [1.29, 1.82) is 0 Å². The minimum Gasteiger partial charge on any atom is -0.497 e. The molecule has 0 saturated carbocycles. The van der Waals surface area contributed by atoms with Crippen molar-refractivity contribution in [3.63, 3.8) is 0 Å². The number of ether oxygens (including phenoxy) is 2. The van der Waals surface area contributed by atoms with E-state index >= 15 is 0 Å². The predicted octanol–water partition coefficient (Wildman–Crippen LogP) is 3.02. The van der Waals surface area contributed by atoms with Crippen LogP contribution >= 0.6 is 0 Å². The first-order chi connectivity index (χ1) is 8.67. The molecule has 18 heavy (non-hydrogen) atoms. The molecule has 0 spiro atoms. The van der Waals surface area contributed by atoms with Gasteiger partial charge in [0.1, 0.15) is 5.75 Å². The first-order valence-electron chi connectivity index (χ1n) is 6.56. The van der Waals surface area contributed by atoms with E-state index in [1.54, 1.807) is 7.11 Å². The van der Waals surface area contributed by atoms with E-state index in [2.05, 4.69) is 31.3 Å². The topological polar surface area (TPSA) is 30.5 Å². The number of rotatable bonds is 8. The third kappa shape index (κ3) is 5.07. The van der Waals surface area contributed by atoms with Crippen molar-refractivity contribution in [2.75, 3.05) is 27.4 Å². The first kappa shape index (κ1) is 15.0. The van der Waals surface area contributed by atoms with E-state index in [-0.39, 0.29) is 6.04 Å². The Hall–Kier alpha value is -1.06. The summed E-state index contributed by atoms with van der Waals surface area (Å²) in [7, 11) is 3.64. The fourth-order valence-corrected chi connectivity index (χ4v) is 1.70. The molecule has 1 atom stereocenters. The average molecular weight is 251 g/mol. The van der Waals surface area contributed by atoms with Crippen molar-refractivity contribution < 1.29 is 9.47 Å². The van der Waals surface area contributed by atoms with Crippen LogP contribution in [0.3, 0.4) is 0 Å². The summed E-state index contributed by atoms with van der Waals surface area (Å²) < 4.78 is 10.9. The summed E-state index contributed by atoms with van der Waals surface area (Å²) in [4.78, 5) is 0. The minimum atomic E-state index is 0.239. The summed E-state index contributed by atoms with van der Waals surface area (Å²) in [5.41, 5.74) is 1.22. The Labute approximate surface area is 110 Å². The highest BCUT2D eigenvalue weighted by Crippen LogP contribution is 2.17. The lowest BCUT2D eigenvalue weighted by Crippen LogP contribution is -2.22. The van der Waals surface area contributed by atoms with Crippen LogP contribution < -0.4 is 10.1 Å². The molecule has 3 heteroatoms. The molecule has 0 fully saturated rings. The Balaban J connectivity index is 2.44. The van der Waals surface area contributed by atoms with Gasteiger partial charge in [-0.05, 0) is 37.1 Å². The van der Waals surface area contributed by atoms with Crippen molar-refractivity contribution in [2.24, 2.45) is 5.92 Å². The van der Waals surface area contributed by atoms with Crippen molar-refractivity contribution in [3.05, 3.63) is 29.8 Å². The Morgan fingerprint density at radius 2 is 1.83 bits per heavy atom. The molecule has 1 unspecified atom stereocenters. The zero-order valence-corrected chi connectivity index (χ0v) is 11.9. The highest BCUT2D eigenvalue weighted by atomic mass is 16.5. The van der Waals surface area contributed by atoms with Gasteiger partial charge < -0.3 is 14.8 Å². The Kier molecular flexibility index (Phi) is 6.76. The molecule has 1 rings (SSSR count). The molecule has 0 radical (unpaired) electrons. The summed E-state index contributed by atoms with van der Waals surface area (Å²) in [6.45, 7) is 5.95. The molecule has 1 aromatic carbocycles. The fourth-order valence-electron chi connectivity index (χ4n) is 1.70. The molecule has 0 aliphatic rings. The van der Waals surface area contributed by atoms with Crippen LogP contribution in [0.4, 0.5) is 0 Å². The summed E-state index contributed by atoms with van der Waals surface area (Å²) in [6.07, 6.45) is 1.11. The van der Waals surface area contributed by atoms with E-state index in [1.165, 1.54) is 5.56 Å². The van der Waals surface area contributed by atoms with Crippen LogP contribution in [0.25, 0.3) is 0 Å². The molecule has 1 aromatic rings. The van der Waals surface area contributed by atoms with E-state index in [1.807, 2.05) is 19.2 Å². The molecule has 0 aliphatic carbocycles. The molecular formula is C15H25NO2. The van der Waals surface area contributed by atoms with Crippen molar-refractivity contribution in [1.82, 2.24) is 5.32 Å². The molecule has 0 heterocycles. The van der Waals surface area contributed by atoms with Gasteiger partial charge in [0.05, 0.1) is 19.8 Å². The van der Waals surface area contributed by atoms with Gasteiger partial charge in [-0.15, -0.1) is 0 Å². The second-order valence-corrected chi connectivity index (χ2v) is 4.87. The fraction of sp³-hybridized carbons (Fsp3) is 0.600. The second-order valence-electron chi connectivity index (χ2n) is 4.87. The molecule has 0 aromatic heterocycles. The normalized spacial score (nSPS) is 12.7. The zero-order valence-electron chi connectivity index (χ0n) is 11.9. The quantitative estimate of drug-likeness (QED) is 0.720. The van der Waals surface area contributed by atoms with Gasteiger partial charge in [-0.1, -0.05) is 26.0 Å². The van der Waals surface area contributed by atoms with Gasteiger partial charge in [-0.25, -0.2) is 0 Å². The number of nitrogens with one attached hydrogen (secondary N) is 1. The van der Waals surface area contributed by atoms with Crippen molar-refractivity contribution in [3.8, 4) is 5.75 Å². The monoisotopic (exact) mass is 251 g/mol. The van der Waals surface area contributed by atoms with Gasteiger partial charge >= 0.3 is 0 Å². The lowest BCUT2D eigenvalue weighted by atomic mass is 10.1. The number of hydrogen-bond acceptors (Lipinski definition) is 3. The van der Waals surface area contributed by atoms with Gasteiger partial charge in [-0.3, -0.25) is 0 Å². The third-order valence-corrected chi connectivity index (χ3v) is 2.99. The largest absolute Gasteiger partial charge is 0.497 e. The van der Waals surface area contributed by atoms with Crippen LogP contribution in [-0.4, -0.2) is 27.4 Å². The van der Waals surface area contributed by atoms with Gasteiger partial charge in [0.2, 0.25) is 0 Å². The first-order valence-corrected chi connectivity index (χ1v) is 6.56. The maximum atomic E-state index is 5.71. The van der Waals surface area contributed by atoms with Crippen LogP contribution in [0.15, 0.2) is 24.3 Å². The molecule has 3 nitrogen and oxygen atoms in total. The lowest BCUT2D eigenvalue weighted by molar-refractivity contribution is 0.104. The van der Waals surface area contributed by atoms with Crippen LogP contribution in [0, 0.1) is 5.92 Å². The number of methoxy groups -OCH3 is 1. The summed E-state index contributed by atoms with van der Waals surface area (Å²) in [5.74, 6) is 1.58. The number of benzene rings is 1. The average Bonchev–Trinajstić information content (AvgIpc) is 2.39. The number of hydrogen-bond donors (Lipinski definition) is 1. The summed E-state index contributed by atoms with van der Waals surface area (Å²) in [5, 5.41) is 3.28. The van der Waals surface area contributed by atoms with E-state index < -0.39 is 0 Å². The number of likely N-dealkylation sites (N-methyl/N-ethyl adjacent to an activating group) is 1. The van der Waals surface area contributed by atoms with E-state index in [0.29, 0.717) is 12.5 Å². The molecule has 102 valence electrons. The SMILES string of the molecule is CNC(COCCC(C)C)c1ccc(OC)cc1. The second kappa shape index (κ2) is 8.11. The van der Waals surface area contributed by atoms with Gasteiger partial charge in [0.25, 0.3) is 0 Å². The zero-order chi connectivity index (χ0) is 13.4. The van der Waals surface area contributed by atoms with Crippen LogP contribution in [0.1, 0.15) is 31.9 Å². The standard InChI is InChI=1S/C15H25NO2/c1-12(2)9-10-18-11-15(16-3)13-5-7-14(17-4)8-6-13/h5-8,12,15-16H,9-11H2,1-4H3. The predicted molar refractivity (Wildman–Crippen MR) is 75.1 cm³/mol. The summed E-state index contributed by atoms with van der Waals surface area (Å²) in [6, 6.07) is 8.35. The lowest BCUT2D eigenvalue weighted by Gasteiger charge is -2.17. The smallest absolute Gasteiger partial charge is 0.118 e. The molecule has 0 saturated heterocycles. The van der Waals surface area contributed by atoms with Gasteiger partial charge in [0.15, 0.2) is 0 Å². The highest BCUT2D eigenvalue weighted by molar-refractivity contribution is 5.29. The maximum Gasteiger partial charge on any atom is 0.118 e. The van der Waals surface area contributed by atoms with E-state index in [0.717, 1.165) is 18.8 Å². The Morgan fingerprint density at radius 3 is 2.33 bits per heavy atom. The van der Waals surface area contributed by atoms with E-state index in [4.69, 9.17) is 9.47 Å².